The molecule has 0 saturated carbocycles. The first-order valence-electron chi connectivity index (χ1n) is 8.38. The van der Waals surface area contributed by atoms with Gasteiger partial charge in [-0.2, -0.15) is 9.97 Å². The second kappa shape index (κ2) is 6.97. The highest BCUT2D eigenvalue weighted by Crippen LogP contribution is 2.32. The number of ether oxygens (including phenoxy) is 2. The molecule has 3 aromatic rings. The Balaban J connectivity index is 1.75. The van der Waals surface area contributed by atoms with E-state index < -0.39 is 0 Å². The third kappa shape index (κ3) is 3.13. The van der Waals surface area contributed by atoms with Gasteiger partial charge in [-0.3, -0.25) is 4.57 Å². The van der Waals surface area contributed by atoms with Crippen LogP contribution in [0.25, 0.3) is 11.2 Å². The molecule has 0 radical (unpaired) electrons. The average molecular weight is 375 g/mol. The Kier molecular flexibility index (Phi) is 4.52. The van der Waals surface area contributed by atoms with E-state index in [9.17, 15) is 0 Å². The van der Waals surface area contributed by atoms with Gasteiger partial charge in [-0.05, 0) is 31.4 Å². The average Bonchev–Trinajstić information content (AvgIpc) is 3.08. The maximum absolute atomic E-state index is 6.28. The Morgan fingerprint density at radius 2 is 2.23 bits per heavy atom. The monoisotopic (exact) mass is 374 g/mol. The minimum Gasteiger partial charge on any atom is -0.497 e. The quantitative estimate of drug-likeness (QED) is 0.720. The van der Waals surface area contributed by atoms with Crippen molar-refractivity contribution in [2.75, 3.05) is 24.8 Å². The zero-order chi connectivity index (χ0) is 18.1. The van der Waals surface area contributed by atoms with Gasteiger partial charge < -0.3 is 20.5 Å². The summed E-state index contributed by atoms with van der Waals surface area (Å²) >= 11 is 6.28. The summed E-state index contributed by atoms with van der Waals surface area (Å²) in [6.07, 6.45) is 4.72. The maximum Gasteiger partial charge on any atom is 0.224 e. The molecule has 1 aliphatic heterocycles. The number of hydrogen-bond donors (Lipinski definition) is 2. The number of rotatable bonds is 4. The molecule has 0 amide bonds. The zero-order valence-corrected chi connectivity index (χ0v) is 15.0. The molecule has 4 rings (SSSR count). The molecular formula is C17H19ClN6O2. The van der Waals surface area contributed by atoms with Gasteiger partial charge >= 0.3 is 0 Å². The predicted molar refractivity (Wildman–Crippen MR) is 99.9 cm³/mol. The van der Waals surface area contributed by atoms with Crippen LogP contribution in [-0.4, -0.2) is 33.2 Å². The van der Waals surface area contributed by atoms with Gasteiger partial charge in [-0.25, -0.2) is 4.98 Å². The number of nitrogen functional groups attached to an aromatic ring is 1. The first-order valence-corrected chi connectivity index (χ1v) is 8.75. The lowest BCUT2D eigenvalue weighted by Gasteiger charge is -2.23. The van der Waals surface area contributed by atoms with Crippen molar-refractivity contribution >= 4 is 40.2 Å². The van der Waals surface area contributed by atoms with E-state index in [2.05, 4.69) is 20.3 Å². The maximum atomic E-state index is 6.28. The van der Waals surface area contributed by atoms with Gasteiger partial charge in [0.25, 0.3) is 0 Å². The van der Waals surface area contributed by atoms with E-state index in [0.29, 0.717) is 33.4 Å². The van der Waals surface area contributed by atoms with E-state index in [-0.39, 0.29) is 12.2 Å². The molecule has 8 nitrogen and oxygen atoms in total. The molecule has 0 spiro atoms. The summed E-state index contributed by atoms with van der Waals surface area (Å²) in [4.78, 5) is 13.1. The second-order valence-electron chi connectivity index (χ2n) is 6.05. The van der Waals surface area contributed by atoms with Gasteiger partial charge in [0.1, 0.15) is 12.0 Å². The first-order chi connectivity index (χ1) is 12.7. The molecule has 26 heavy (non-hydrogen) atoms. The van der Waals surface area contributed by atoms with Crippen LogP contribution in [0.4, 0.5) is 17.5 Å². The van der Waals surface area contributed by atoms with Crippen LogP contribution in [0.1, 0.15) is 25.5 Å². The van der Waals surface area contributed by atoms with E-state index in [1.54, 1.807) is 31.6 Å². The number of nitrogens with one attached hydrogen (secondary N) is 1. The molecule has 1 aliphatic rings. The van der Waals surface area contributed by atoms with E-state index in [0.717, 1.165) is 25.9 Å². The van der Waals surface area contributed by atoms with Crippen LogP contribution in [0, 0.1) is 0 Å². The number of methoxy groups -OCH3 is 1. The van der Waals surface area contributed by atoms with Crippen LogP contribution < -0.4 is 15.8 Å². The lowest BCUT2D eigenvalue weighted by atomic mass is 10.2. The molecule has 1 saturated heterocycles. The van der Waals surface area contributed by atoms with Crippen molar-refractivity contribution in [3.8, 4) is 5.75 Å². The summed E-state index contributed by atoms with van der Waals surface area (Å²) in [5.41, 5.74) is 7.81. The third-order valence-electron chi connectivity index (χ3n) is 4.33. The molecule has 136 valence electrons. The molecule has 1 aromatic carbocycles. The Bertz CT molecular complexity index is 938. The van der Waals surface area contributed by atoms with Gasteiger partial charge in [0.15, 0.2) is 17.0 Å². The standard InChI is InChI=1S/C17H19ClN6O2/c1-25-10-5-6-11(18)12(8-10)21-15-14-16(23-17(19)22-15)24(9-20-14)13-4-2-3-7-26-13/h5-6,8-9,13H,2-4,7H2,1H3,(H3,19,21,22,23). The Hall–Kier alpha value is -2.58. The fraction of sp³-hybridized carbons (Fsp3) is 0.353. The Morgan fingerprint density at radius 3 is 3.00 bits per heavy atom. The number of imidazole rings is 1. The van der Waals surface area contributed by atoms with E-state index in [1.165, 1.54) is 0 Å². The van der Waals surface area contributed by atoms with E-state index in [1.807, 2.05) is 4.57 Å². The Morgan fingerprint density at radius 1 is 1.35 bits per heavy atom. The van der Waals surface area contributed by atoms with Crippen molar-refractivity contribution < 1.29 is 9.47 Å². The second-order valence-corrected chi connectivity index (χ2v) is 6.45. The number of fused-ring (bicyclic) bond motifs is 1. The number of halogens is 1. The summed E-state index contributed by atoms with van der Waals surface area (Å²) in [5.74, 6) is 1.31. The van der Waals surface area contributed by atoms with Gasteiger partial charge in [0.05, 0.1) is 24.1 Å². The van der Waals surface area contributed by atoms with Crippen LogP contribution in [0.3, 0.4) is 0 Å². The molecule has 1 unspecified atom stereocenters. The molecule has 0 bridgehead atoms. The summed E-state index contributed by atoms with van der Waals surface area (Å²) < 4.78 is 13.0. The number of anilines is 3. The van der Waals surface area contributed by atoms with Gasteiger partial charge in [0, 0.05) is 12.7 Å². The van der Waals surface area contributed by atoms with Crippen LogP contribution in [0.2, 0.25) is 5.02 Å². The van der Waals surface area contributed by atoms with Crippen LogP contribution >= 0.6 is 11.6 Å². The molecule has 3 heterocycles. The Labute approximate surface area is 155 Å². The van der Waals surface area contributed by atoms with Gasteiger partial charge in [-0.1, -0.05) is 11.6 Å². The van der Waals surface area contributed by atoms with Crippen molar-refractivity contribution in [2.45, 2.75) is 25.5 Å². The van der Waals surface area contributed by atoms with Crippen molar-refractivity contribution in [2.24, 2.45) is 0 Å². The first kappa shape index (κ1) is 16.9. The molecular weight excluding hydrogens is 356 g/mol. The van der Waals surface area contributed by atoms with Gasteiger partial charge in [0.2, 0.25) is 5.95 Å². The summed E-state index contributed by atoms with van der Waals surface area (Å²) in [6, 6.07) is 5.32. The zero-order valence-electron chi connectivity index (χ0n) is 14.3. The number of nitrogens with two attached hydrogens (primary N) is 1. The molecule has 2 aromatic heterocycles. The number of benzene rings is 1. The molecule has 9 heteroatoms. The van der Waals surface area contributed by atoms with Crippen molar-refractivity contribution in [1.29, 1.82) is 0 Å². The lowest BCUT2D eigenvalue weighted by molar-refractivity contribution is -0.0298. The summed E-state index contributed by atoms with van der Waals surface area (Å²) in [5, 5.41) is 3.72. The summed E-state index contributed by atoms with van der Waals surface area (Å²) in [7, 11) is 1.60. The van der Waals surface area contributed by atoms with Crippen LogP contribution in [0.15, 0.2) is 24.5 Å². The predicted octanol–water partition coefficient (Wildman–Crippen LogP) is 3.51. The van der Waals surface area contributed by atoms with Crippen molar-refractivity contribution in [3.05, 3.63) is 29.5 Å². The molecule has 0 aliphatic carbocycles. The minimum absolute atomic E-state index is 0.0868. The smallest absolute Gasteiger partial charge is 0.224 e. The highest BCUT2D eigenvalue weighted by atomic mass is 35.5. The molecule has 1 atom stereocenters. The molecule has 3 N–H and O–H groups in total. The SMILES string of the molecule is COc1ccc(Cl)c(Nc2nc(N)nc3c2ncn3C2CCCCO2)c1. The van der Waals surface area contributed by atoms with Gasteiger partial charge in [-0.15, -0.1) is 0 Å². The van der Waals surface area contributed by atoms with Crippen LogP contribution in [-0.2, 0) is 4.74 Å². The number of hydrogen-bond acceptors (Lipinski definition) is 7. The van der Waals surface area contributed by atoms with E-state index >= 15 is 0 Å². The topological polar surface area (TPSA) is 100 Å². The van der Waals surface area contributed by atoms with Crippen molar-refractivity contribution in [3.63, 3.8) is 0 Å². The number of aromatic nitrogens is 4. The van der Waals surface area contributed by atoms with E-state index in [4.69, 9.17) is 26.8 Å². The highest BCUT2D eigenvalue weighted by Gasteiger charge is 2.21. The van der Waals surface area contributed by atoms with Crippen molar-refractivity contribution in [1.82, 2.24) is 19.5 Å². The largest absolute Gasteiger partial charge is 0.497 e. The third-order valence-corrected chi connectivity index (χ3v) is 4.66. The summed E-state index contributed by atoms with van der Waals surface area (Å²) in [6.45, 7) is 0.732. The number of nitrogens with zero attached hydrogens (tertiary/aromatic N) is 4. The minimum atomic E-state index is -0.0868. The normalized spacial score (nSPS) is 17.4. The fourth-order valence-electron chi connectivity index (χ4n) is 3.03. The molecule has 1 fully saturated rings. The van der Waals surface area contributed by atoms with Crippen LogP contribution in [0.5, 0.6) is 5.75 Å². The fourth-order valence-corrected chi connectivity index (χ4v) is 3.19. The lowest BCUT2D eigenvalue weighted by Crippen LogP contribution is -2.18. The highest BCUT2D eigenvalue weighted by molar-refractivity contribution is 6.33.